The first-order valence-electron chi connectivity index (χ1n) is 8.06. The molecule has 1 N–H and O–H groups in total. The zero-order chi connectivity index (χ0) is 15.5. The molecule has 2 fully saturated rings. The van der Waals surface area contributed by atoms with Crippen molar-refractivity contribution in [3.8, 4) is 5.75 Å². The second-order valence-electron chi connectivity index (χ2n) is 6.19. The lowest BCUT2D eigenvalue weighted by molar-refractivity contribution is -0.0355. The molecule has 0 radical (unpaired) electrons. The second-order valence-corrected chi connectivity index (χ2v) is 6.19. The summed E-state index contributed by atoms with van der Waals surface area (Å²) in [6, 6.07) is 7.60. The molecule has 2 atom stereocenters. The molecule has 0 bridgehead atoms. The average Bonchev–Trinajstić information content (AvgIpc) is 3.33. The molecule has 0 spiro atoms. The number of benzene rings is 1. The molecule has 2 unspecified atom stereocenters. The van der Waals surface area contributed by atoms with E-state index >= 15 is 0 Å². The van der Waals surface area contributed by atoms with E-state index in [9.17, 15) is 4.79 Å². The van der Waals surface area contributed by atoms with Crippen LogP contribution in [-0.4, -0.2) is 42.8 Å². The van der Waals surface area contributed by atoms with Crippen molar-refractivity contribution in [3.63, 3.8) is 0 Å². The minimum absolute atomic E-state index is 0.0564. The van der Waals surface area contributed by atoms with Crippen molar-refractivity contribution >= 4 is 11.7 Å². The van der Waals surface area contributed by atoms with Crippen molar-refractivity contribution in [2.45, 2.75) is 38.8 Å². The first-order valence-corrected chi connectivity index (χ1v) is 8.06. The van der Waals surface area contributed by atoms with Crippen LogP contribution in [0.4, 0.5) is 10.5 Å². The number of para-hydroxylation sites is 2. The van der Waals surface area contributed by atoms with Crippen molar-refractivity contribution in [1.29, 1.82) is 0 Å². The number of ether oxygens (including phenoxy) is 2. The molecule has 22 heavy (non-hydrogen) atoms. The Labute approximate surface area is 131 Å². The Hall–Kier alpha value is -1.75. The van der Waals surface area contributed by atoms with E-state index in [0.717, 1.165) is 18.0 Å². The van der Waals surface area contributed by atoms with Gasteiger partial charge in [0, 0.05) is 6.54 Å². The van der Waals surface area contributed by atoms with E-state index in [2.05, 4.69) is 5.32 Å². The molecule has 5 heteroatoms. The van der Waals surface area contributed by atoms with Crippen LogP contribution in [0.15, 0.2) is 24.3 Å². The zero-order valence-electron chi connectivity index (χ0n) is 13.2. The van der Waals surface area contributed by atoms with E-state index in [0.29, 0.717) is 19.1 Å². The number of amides is 2. The highest BCUT2D eigenvalue weighted by Crippen LogP contribution is 2.32. The number of hydrogen-bond donors (Lipinski definition) is 1. The number of morpholine rings is 1. The average molecular weight is 304 g/mol. The van der Waals surface area contributed by atoms with Gasteiger partial charge in [0.15, 0.2) is 0 Å². The topological polar surface area (TPSA) is 50.8 Å². The highest BCUT2D eigenvalue weighted by Gasteiger charge is 2.29. The lowest BCUT2D eigenvalue weighted by Gasteiger charge is -2.37. The monoisotopic (exact) mass is 304 g/mol. The Bertz CT molecular complexity index is 530. The molecule has 1 saturated heterocycles. The fourth-order valence-corrected chi connectivity index (χ4v) is 2.59. The molecule has 0 aromatic heterocycles. The predicted octanol–water partition coefficient (Wildman–Crippen LogP) is 3.12. The van der Waals surface area contributed by atoms with Gasteiger partial charge in [0.25, 0.3) is 0 Å². The highest BCUT2D eigenvalue weighted by atomic mass is 16.5. The summed E-state index contributed by atoms with van der Waals surface area (Å²) in [6.45, 7) is 5.94. The maximum Gasteiger partial charge on any atom is 0.322 e. The molecule has 1 aliphatic carbocycles. The van der Waals surface area contributed by atoms with E-state index < -0.39 is 0 Å². The first-order chi connectivity index (χ1) is 10.6. The molecule has 120 valence electrons. The summed E-state index contributed by atoms with van der Waals surface area (Å²) in [5, 5.41) is 2.98. The van der Waals surface area contributed by atoms with Gasteiger partial charge < -0.3 is 19.7 Å². The normalized spacial score (nSPS) is 24.9. The number of carbonyl (C=O) groups excluding carboxylic acids is 1. The van der Waals surface area contributed by atoms with Crippen molar-refractivity contribution < 1.29 is 14.3 Å². The minimum Gasteiger partial charge on any atom is -0.491 e. The molecule has 2 aliphatic rings. The van der Waals surface area contributed by atoms with Gasteiger partial charge in [0.2, 0.25) is 0 Å². The fourth-order valence-electron chi connectivity index (χ4n) is 2.59. The molecular formula is C17H24N2O3. The van der Waals surface area contributed by atoms with Crippen molar-refractivity contribution in [2.24, 2.45) is 5.92 Å². The number of nitrogens with one attached hydrogen (secondary N) is 1. The Morgan fingerprint density at radius 3 is 2.91 bits per heavy atom. The van der Waals surface area contributed by atoms with Crippen LogP contribution in [-0.2, 0) is 4.74 Å². The van der Waals surface area contributed by atoms with Gasteiger partial charge in [-0.15, -0.1) is 0 Å². The summed E-state index contributed by atoms with van der Waals surface area (Å²) in [7, 11) is 0. The smallest absolute Gasteiger partial charge is 0.322 e. The number of hydrogen-bond acceptors (Lipinski definition) is 3. The summed E-state index contributed by atoms with van der Waals surface area (Å²) in [5.74, 6) is 1.43. The third-order valence-corrected chi connectivity index (χ3v) is 4.44. The van der Waals surface area contributed by atoms with Gasteiger partial charge in [-0.05, 0) is 44.7 Å². The lowest BCUT2D eigenvalue weighted by atomic mass is 10.1. The number of rotatable bonds is 4. The van der Waals surface area contributed by atoms with E-state index in [1.807, 2.05) is 43.0 Å². The number of anilines is 1. The third-order valence-electron chi connectivity index (χ3n) is 4.44. The lowest BCUT2D eigenvalue weighted by Crippen LogP contribution is -2.52. The number of carbonyl (C=O) groups is 1. The van der Waals surface area contributed by atoms with E-state index in [4.69, 9.17) is 9.47 Å². The summed E-state index contributed by atoms with van der Waals surface area (Å²) in [4.78, 5) is 14.4. The van der Waals surface area contributed by atoms with E-state index in [1.54, 1.807) is 0 Å². The van der Waals surface area contributed by atoms with Gasteiger partial charge in [0.05, 0.1) is 31.0 Å². The molecule has 1 aromatic carbocycles. The fraction of sp³-hybridized carbons (Fsp3) is 0.588. The Morgan fingerprint density at radius 2 is 2.14 bits per heavy atom. The molecule has 1 saturated carbocycles. The summed E-state index contributed by atoms with van der Waals surface area (Å²) < 4.78 is 11.4. The van der Waals surface area contributed by atoms with Crippen LogP contribution in [0, 0.1) is 5.92 Å². The van der Waals surface area contributed by atoms with Gasteiger partial charge in [-0.1, -0.05) is 12.1 Å². The SMILES string of the molecule is CC1OCCN(C(=O)Nc2ccccc2OCC2CC2)C1C. The quantitative estimate of drug-likeness (QED) is 0.930. The second kappa shape index (κ2) is 6.57. The van der Waals surface area contributed by atoms with Gasteiger partial charge in [-0.25, -0.2) is 4.79 Å². The highest BCUT2D eigenvalue weighted by molar-refractivity contribution is 5.91. The molecule has 1 aromatic rings. The first kappa shape index (κ1) is 15.2. The van der Waals surface area contributed by atoms with Crippen LogP contribution in [0.3, 0.4) is 0 Å². The summed E-state index contributed by atoms with van der Waals surface area (Å²) in [6.07, 6.45) is 2.55. The van der Waals surface area contributed by atoms with Crippen LogP contribution in [0.5, 0.6) is 5.75 Å². The van der Waals surface area contributed by atoms with Crippen LogP contribution in [0.2, 0.25) is 0 Å². The predicted molar refractivity (Wildman–Crippen MR) is 85.3 cm³/mol. The Morgan fingerprint density at radius 1 is 1.36 bits per heavy atom. The van der Waals surface area contributed by atoms with Crippen molar-refractivity contribution in [1.82, 2.24) is 4.90 Å². The standard InChI is InChI=1S/C17H24N2O3/c1-12-13(2)21-10-9-19(12)17(20)18-15-5-3-4-6-16(15)22-11-14-7-8-14/h3-6,12-14H,7-11H2,1-2H3,(H,18,20). The van der Waals surface area contributed by atoms with Crippen LogP contribution >= 0.6 is 0 Å². The third kappa shape index (κ3) is 3.53. The van der Waals surface area contributed by atoms with Gasteiger partial charge in [-0.3, -0.25) is 0 Å². The van der Waals surface area contributed by atoms with Crippen LogP contribution < -0.4 is 10.1 Å². The molecular weight excluding hydrogens is 280 g/mol. The molecule has 3 rings (SSSR count). The van der Waals surface area contributed by atoms with Crippen LogP contribution in [0.25, 0.3) is 0 Å². The van der Waals surface area contributed by atoms with Crippen LogP contribution in [0.1, 0.15) is 26.7 Å². The van der Waals surface area contributed by atoms with Crippen molar-refractivity contribution in [3.05, 3.63) is 24.3 Å². The molecule has 5 nitrogen and oxygen atoms in total. The Balaban J connectivity index is 1.65. The van der Waals surface area contributed by atoms with Gasteiger partial charge in [0.1, 0.15) is 5.75 Å². The van der Waals surface area contributed by atoms with E-state index in [1.165, 1.54) is 12.8 Å². The zero-order valence-corrected chi connectivity index (χ0v) is 13.2. The van der Waals surface area contributed by atoms with Gasteiger partial charge in [-0.2, -0.15) is 0 Å². The summed E-state index contributed by atoms with van der Waals surface area (Å²) in [5.41, 5.74) is 0.736. The summed E-state index contributed by atoms with van der Waals surface area (Å²) >= 11 is 0. The molecule has 1 heterocycles. The van der Waals surface area contributed by atoms with E-state index in [-0.39, 0.29) is 18.2 Å². The van der Waals surface area contributed by atoms with Crippen molar-refractivity contribution in [2.75, 3.05) is 25.1 Å². The van der Waals surface area contributed by atoms with Gasteiger partial charge >= 0.3 is 6.03 Å². The maximum atomic E-state index is 12.5. The number of urea groups is 1. The Kier molecular flexibility index (Phi) is 4.52. The molecule has 1 aliphatic heterocycles. The largest absolute Gasteiger partial charge is 0.491 e. The minimum atomic E-state index is -0.0925. The maximum absolute atomic E-state index is 12.5. The molecule has 2 amide bonds. The number of nitrogens with zero attached hydrogens (tertiary/aromatic N) is 1.